The van der Waals surface area contributed by atoms with Crippen LogP contribution in [0.5, 0.6) is 23.0 Å². The van der Waals surface area contributed by atoms with Crippen molar-refractivity contribution in [2.24, 2.45) is 0 Å². The molecule has 0 saturated heterocycles. The smallest absolute Gasteiger partial charge is 0.161 e. The lowest BCUT2D eigenvalue weighted by Gasteiger charge is -2.31. The molecule has 0 amide bonds. The number of ether oxygens (including phenoxy) is 4. The number of methoxy groups -OCH3 is 3. The van der Waals surface area contributed by atoms with Crippen LogP contribution >= 0.6 is 0 Å². The van der Waals surface area contributed by atoms with Crippen molar-refractivity contribution in [2.75, 3.05) is 55.1 Å². The van der Waals surface area contributed by atoms with Crippen LogP contribution in [0.4, 0.5) is 0 Å². The van der Waals surface area contributed by atoms with E-state index < -0.39 is 0 Å². The van der Waals surface area contributed by atoms with Gasteiger partial charge < -0.3 is 29.2 Å². The molecule has 1 unspecified atom stereocenters. The molecule has 1 atom stereocenters. The molecular weight excluding hydrogens is 404 g/mol. The number of hydrogen-bond donors (Lipinski definition) is 1. The van der Waals surface area contributed by atoms with Crippen molar-refractivity contribution >= 4 is 0 Å². The van der Waals surface area contributed by atoms with Crippen LogP contribution in [0, 0.1) is 0 Å². The lowest BCUT2D eigenvalue weighted by Crippen LogP contribution is -2.31. The van der Waals surface area contributed by atoms with Crippen LogP contribution in [0.1, 0.15) is 49.1 Å². The van der Waals surface area contributed by atoms with Gasteiger partial charge in [0.2, 0.25) is 0 Å². The maximum Gasteiger partial charge on any atom is 0.161 e. The number of nitrogens with one attached hydrogen (secondary N) is 1. The van der Waals surface area contributed by atoms with Crippen molar-refractivity contribution in [1.29, 1.82) is 0 Å². The fourth-order valence-corrected chi connectivity index (χ4v) is 4.19. The zero-order valence-corrected chi connectivity index (χ0v) is 20.8. The van der Waals surface area contributed by atoms with E-state index in [4.69, 9.17) is 18.9 Å². The highest BCUT2D eigenvalue weighted by Gasteiger charge is 2.29. The number of benzene rings is 2. The topological polar surface area (TPSA) is 52.2 Å². The standard InChI is InChI=1S/C26H38N2O4/c1-26(2,3)20-16-21(29-6)19(15-22(20)30-7)25-18-14-24(32-12-11-28(4)5)23(31-8)13-17(18)9-10-27-25/h13-16,25,27H,9-12H2,1-8H3. The Bertz CT molecular complexity index is 934. The molecule has 0 aromatic heterocycles. The lowest BCUT2D eigenvalue weighted by atomic mass is 9.83. The molecule has 0 radical (unpaired) electrons. The number of fused-ring (bicyclic) bond motifs is 1. The van der Waals surface area contributed by atoms with Crippen LogP contribution in [0.25, 0.3) is 0 Å². The third-order valence-corrected chi connectivity index (χ3v) is 5.95. The Morgan fingerprint density at radius 1 is 0.875 bits per heavy atom. The molecule has 0 spiro atoms. The Labute approximate surface area is 192 Å². The molecule has 1 aliphatic rings. The predicted molar refractivity (Wildman–Crippen MR) is 129 cm³/mol. The summed E-state index contributed by atoms with van der Waals surface area (Å²) in [5, 5.41) is 3.67. The fourth-order valence-electron chi connectivity index (χ4n) is 4.19. The summed E-state index contributed by atoms with van der Waals surface area (Å²) < 4.78 is 23.4. The van der Waals surface area contributed by atoms with Gasteiger partial charge in [0.05, 0.1) is 27.4 Å². The van der Waals surface area contributed by atoms with Crippen LogP contribution in [0.15, 0.2) is 24.3 Å². The monoisotopic (exact) mass is 442 g/mol. The van der Waals surface area contributed by atoms with Gasteiger partial charge in [-0.05, 0) is 61.3 Å². The molecule has 32 heavy (non-hydrogen) atoms. The minimum atomic E-state index is -0.0597. The first-order valence-electron chi connectivity index (χ1n) is 11.2. The second-order valence-corrected chi connectivity index (χ2v) is 9.54. The molecule has 1 heterocycles. The Kier molecular flexibility index (Phi) is 7.57. The van der Waals surface area contributed by atoms with Crippen LogP contribution in [0.3, 0.4) is 0 Å². The maximum atomic E-state index is 6.10. The summed E-state index contributed by atoms with van der Waals surface area (Å²) in [6.07, 6.45) is 0.930. The van der Waals surface area contributed by atoms with E-state index >= 15 is 0 Å². The molecular formula is C26H38N2O4. The Morgan fingerprint density at radius 3 is 2.12 bits per heavy atom. The van der Waals surface area contributed by atoms with Gasteiger partial charge in [-0.1, -0.05) is 20.8 Å². The normalized spacial score (nSPS) is 16.0. The van der Waals surface area contributed by atoms with Gasteiger partial charge in [-0.15, -0.1) is 0 Å². The third-order valence-electron chi connectivity index (χ3n) is 5.95. The first-order valence-corrected chi connectivity index (χ1v) is 11.2. The number of likely N-dealkylation sites (N-methyl/N-ethyl adjacent to an activating group) is 1. The van der Waals surface area contributed by atoms with E-state index in [0.717, 1.165) is 53.6 Å². The van der Waals surface area contributed by atoms with Gasteiger partial charge in [0.25, 0.3) is 0 Å². The van der Waals surface area contributed by atoms with E-state index in [-0.39, 0.29) is 11.5 Å². The molecule has 0 aliphatic carbocycles. The molecule has 2 aromatic rings. The number of hydrogen-bond acceptors (Lipinski definition) is 6. The van der Waals surface area contributed by atoms with Crippen molar-refractivity contribution in [3.05, 3.63) is 46.5 Å². The Hall–Kier alpha value is -2.44. The van der Waals surface area contributed by atoms with E-state index in [2.05, 4.69) is 55.3 Å². The summed E-state index contributed by atoms with van der Waals surface area (Å²) in [4.78, 5) is 2.10. The van der Waals surface area contributed by atoms with E-state index in [1.54, 1.807) is 21.3 Å². The molecule has 3 rings (SSSR count). The summed E-state index contributed by atoms with van der Waals surface area (Å²) in [6, 6.07) is 8.43. The molecule has 1 N–H and O–H groups in total. The Morgan fingerprint density at radius 2 is 1.53 bits per heavy atom. The highest BCUT2D eigenvalue weighted by molar-refractivity contribution is 5.56. The molecule has 1 aliphatic heterocycles. The average Bonchev–Trinajstić information content (AvgIpc) is 2.76. The molecule has 2 aromatic carbocycles. The zero-order chi connectivity index (χ0) is 23.5. The molecule has 0 bridgehead atoms. The maximum absolute atomic E-state index is 6.10. The van der Waals surface area contributed by atoms with Crippen LogP contribution in [0.2, 0.25) is 0 Å². The fraction of sp³-hybridized carbons (Fsp3) is 0.538. The molecule has 6 heteroatoms. The van der Waals surface area contributed by atoms with Crippen LogP contribution in [-0.4, -0.2) is 60.0 Å². The third kappa shape index (κ3) is 5.13. The van der Waals surface area contributed by atoms with Crippen molar-refractivity contribution in [2.45, 2.75) is 38.6 Å². The average molecular weight is 443 g/mol. The predicted octanol–water partition coefficient (Wildman–Crippen LogP) is 4.19. The van der Waals surface area contributed by atoms with Crippen molar-refractivity contribution in [1.82, 2.24) is 10.2 Å². The summed E-state index contributed by atoms with van der Waals surface area (Å²) in [7, 11) is 9.22. The zero-order valence-electron chi connectivity index (χ0n) is 20.8. The van der Waals surface area contributed by atoms with Crippen LogP contribution in [-0.2, 0) is 11.8 Å². The van der Waals surface area contributed by atoms with Gasteiger partial charge in [-0.25, -0.2) is 0 Å². The Balaban J connectivity index is 2.08. The van der Waals surface area contributed by atoms with Gasteiger partial charge in [0, 0.05) is 24.2 Å². The first-order chi connectivity index (χ1) is 15.2. The van der Waals surface area contributed by atoms with E-state index in [0.29, 0.717) is 6.61 Å². The quantitative estimate of drug-likeness (QED) is 0.662. The lowest BCUT2D eigenvalue weighted by molar-refractivity contribution is 0.250. The van der Waals surface area contributed by atoms with Gasteiger partial charge >= 0.3 is 0 Å². The largest absolute Gasteiger partial charge is 0.496 e. The molecule has 0 saturated carbocycles. The van der Waals surface area contributed by atoms with Crippen LogP contribution < -0.4 is 24.3 Å². The van der Waals surface area contributed by atoms with Gasteiger partial charge in [0.15, 0.2) is 11.5 Å². The van der Waals surface area contributed by atoms with E-state index in [1.807, 2.05) is 14.1 Å². The molecule has 176 valence electrons. The van der Waals surface area contributed by atoms with Crippen molar-refractivity contribution in [3.63, 3.8) is 0 Å². The second-order valence-electron chi connectivity index (χ2n) is 9.54. The van der Waals surface area contributed by atoms with Crippen molar-refractivity contribution < 1.29 is 18.9 Å². The number of nitrogens with zero attached hydrogens (tertiary/aromatic N) is 1. The summed E-state index contributed by atoms with van der Waals surface area (Å²) in [5.74, 6) is 3.26. The van der Waals surface area contributed by atoms with Crippen molar-refractivity contribution in [3.8, 4) is 23.0 Å². The second kappa shape index (κ2) is 10.0. The van der Waals surface area contributed by atoms with E-state index in [1.165, 1.54) is 11.1 Å². The highest BCUT2D eigenvalue weighted by atomic mass is 16.5. The SMILES string of the molecule is COc1cc2c(cc1OCCN(C)C)C(c1cc(OC)c(C(C)(C)C)cc1OC)NCC2. The highest BCUT2D eigenvalue weighted by Crippen LogP contribution is 2.43. The van der Waals surface area contributed by atoms with Gasteiger partial charge in [0.1, 0.15) is 18.1 Å². The van der Waals surface area contributed by atoms with Gasteiger partial charge in [-0.2, -0.15) is 0 Å². The summed E-state index contributed by atoms with van der Waals surface area (Å²) in [5.41, 5.74) is 4.56. The molecule has 0 fully saturated rings. The molecule has 6 nitrogen and oxygen atoms in total. The summed E-state index contributed by atoms with van der Waals surface area (Å²) in [6.45, 7) is 8.85. The minimum Gasteiger partial charge on any atom is -0.496 e. The summed E-state index contributed by atoms with van der Waals surface area (Å²) >= 11 is 0. The van der Waals surface area contributed by atoms with E-state index in [9.17, 15) is 0 Å². The number of rotatable bonds is 8. The first kappa shape index (κ1) is 24.2. The minimum absolute atomic E-state index is 0.0290. The van der Waals surface area contributed by atoms with Gasteiger partial charge in [-0.3, -0.25) is 0 Å².